The summed E-state index contributed by atoms with van der Waals surface area (Å²) in [7, 11) is 1.39. The van der Waals surface area contributed by atoms with Crippen LogP contribution in [0.2, 0.25) is 0 Å². The van der Waals surface area contributed by atoms with Crippen LogP contribution in [0.25, 0.3) is 10.2 Å². The van der Waals surface area contributed by atoms with Gasteiger partial charge >= 0.3 is 6.18 Å². The van der Waals surface area contributed by atoms with Gasteiger partial charge < -0.3 is 10.0 Å². The molecule has 0 saturated heterocycles. The van der Waals surface area contributed by atoms with Crippen LogP contribution in [-0.2, 0) is 11.3 Å². The van der Waals surface area contributed by atoms with E-state index >= 15 is 0 Å². The second-order valence-electron chi connectivity index (χ2n) is 5.27. The van der Waals surface area contributed by atoms with Crippen molar-refractivity contribution in [3.8, 4) is 0 Å². The topological polar surface area (TPSA) is 53.4 Å². The summed E-state index contributed by atoms with van der Waals surface area (Å²) in [5.41, 5.74) is -2.25. The monoisotopic (exact) mass is 332 g/mol. The summed E-state index contributed by atoms with van der Waals surface area (Å²) in [6.07, 6.45) is -5.86. The zero-order valence-electron chi connectivity index (χ0n) is 12.0. The van der Waals surface area contributed by atoms with E-state index in [2.05, 4.69) is 4.98 Å². The van der Waals surface area contributed by atoms with Gasteiger partial charge in [0.05, 0.1) is 23.2 Å². The molecule has 1 N–H and O–H groups in total. The molecule has 0 aliphatic heterocycles. The fourth-order valence-electron chi connectivity index (χ4n) is 1.81. The van der Waals surface area contributed by atoms with Gasteiger partial charge in [-0.25, -0.2) is 4.98 Å². The van der Waals surface area contributed by atoms with Gasteiger partial charge in [-0.3, -0.25) is 4.79 Å². The Labute approximate surface area is 129 Å². The van der Waals surface area contributed by atoms with Gasteiger partial charge in [-0.1, -0.05) is 12.1 Å². The lowest BCUT2D eigenvalue weighted by atomic mass is 10.0. The molecule has 1 aromatic carbocycles. The van der Waals surface area contributed by atoms with E-state index in [0.717, 1.165) is 15.1 Å². The first-order valence-electron chi connectivity index (χ1n) is 6.48. The van der Waals surface area contributed by atoms with Gasteiger partial charge in [0.1, 0.15) is 5.01 Å². The summed E-state index contributed by atoms with van der Waals surface area (Å²) in [5, 5.41) is 9.99. The first kappa shape index (κ1) is 16.7. The molecule has 0 bridgehead atoms. The molecule has 0 aliphatic carbocycles. The van der Waals surface area contributed by atoms with Crippen molar-refractivity contribution in [2.45, 2.75) is 31.7 Å². The molecule has 0 aliphatic rings. The number of rotatable bonds is 4. The predicted octanol–water partition coefficient (Wildman–Crippen LogP) is 2.96. The molecule has 4 nitrogen and oxygen atoms in total. The van der Waals surface area contributed by atoms with Crippen molar-refractivity contribution in [1.82, 2.24) is 9.88 Å². The number of alkyl halides is 3. The predicted molar refractivity (Wildman–Crippen MR) is 77.4 cm³/mol. The van der Waals surface area contributed by atoms with Gasteiger partial charge in [-0.05, 0) is 19.1 Å². The number of hydrogen-bond donors (Lipinski definition) is 1. The lowest BCUT2D eigenvalue weighted by molar-refractivity contribution is -0.254. The molecule has 1 aromatic heterocycles. The number of aromatic nitrogens is 1. The van der Waals surface area contributed by atoms with Crippen molar-refractivity contribution in [3.63, 3.8) is 0 Å². The molecule has 0 fully saturated rings. The van der Waals surface area contributed by atoms with E-state index < -0.39 is 24.1 Å². The van der Waals surface area contributed by atoms with Crippen molar-refractivity contribution in [3.05, 3.63) is 29.3 Å². The third-order valence-corrected chi connectivity index (χ3v) is 4.26. The number of aliphatic hydroxyl groups is 1. The number of halogens is 3. The van der Waals surface area contributed by atoms with Crippen LogP contribution < -0.4 is 0 Å². The number of para-hydroxylation sites is 1. The molecular formula is C14H15F3N2O2S. The highest BCUT2D eigenvalue weighted by atomic mass is 32.1. The maximum atomic E-state index is 12.6. The Bertz CT molecular complexity index is 649. The van der Waals surface area contributed by atoms with Crippen LogP contribution >= 0.6 is 11.3 Å². The second-order valence-corrected chi connectivity index (χ2v) is 6.39. The second kappa shape index (κ2) is 5.85. The molecule has 120 valence electrons. The molecule has 0 spiro atoms. The van der Waals surface area contributed by atoms with Crippen LogP contribution in [0.3, 0.4) is 0 Å². The van der Waals surface area contributed by atoms with E-state index in [1.807, 2.05) is 24.3 Å². The molecule has 0 saturated carbocycles. The van der Waals surface area contributed by atoms with Crippen molar-refractivity contribution in [1.29, 1.82) is 0 Å². The number of amides is 1. The van der Waals surface area contributed by atoms with Crippen LogP contribution in [-0.4, -0.2) is 39.7 Å². The Morgan fingerprint density at radius 3 is 2.59 bits per heavy atom. The minimum Gasteiger partial charge on any atom is -0.380 e. The van der Waals surface area contributed by atoms with Gasteiger partial charge in [0.15, 0.2) is 5.60 Å². The summed E-state index contributed by atoms with van der Waals surface area (Å²) < 4.78 is 38.7. The summed E-state index contributed by atoms with van der Waals surface area (Å²) in [5.74, 6) is -0.790. The molecule has 0 radical (unpaired) electrons. The molecule has 1 atom stereocenters. The van der Waals surface area contributed by atoms with Gasteiger partial charge in [0.25, 0.3) is 0 Å². The number of carbonyl (C=O) groups is 1. The van der Waals surface area contributed by atoms with Crippen LogP contribution in [0.5, 0.6) is 0 Å². The van der Waals surface area contributed by atoms with Crippen LogP contribution in [0, 0.1) is 0 Å². The lowest BCUT2D eigenvalue weighted by Crippen LogP contribution is -2.46. The Hall–Kier alpha value is -1.67. The lowest BCUT2D eigenvalue weighted by Gasteiger charge is -2.27. The summed E-state index contributed by atoms with van der Waals surface area (Å²) in [6.45, 7) is 0.697. The molecular weight excluding hydrogens is 317 g/mol. The van der Waals surface area contributed by atoms with E-state index in [1.54, 1.807) is 0 Å². The smallest absolute Gasteiger partial charge is 0.380 e. The highest BCUT2D eigenvalue weighted by Crippen LogP contribution is 2.33. The number of nitrogens with zero attached hydrogens (tertiary/aromatic N) is 2. The largest absolute Gasteiger partial charge is 0.417 e. The standard InChI is InChI=1S/C14H15F3N2O2S/c1-13(21,14(15,16)17)7-12(20)19(2)8-11-18-9-5-3-4-6-10(9)22-11/h3-6,21H,7-8H2,1-2H3/t13-/m0/s1. The summed E-state index contributed by atoms with van der Waals surface area (Å²) in [4.78, 5) is 17.3. The Morgan fingerprint density at radius 2 is 2.00 bits per heavy atom. The highest BCUT2D eigenvalue weighted by molar-refractivity contribution is 7.18. The molecule has 2 aromatic rings. The normalized spacial score (nSPS) is 14.8. The van der Waals surface area contributed by atoms with Crippen molar-refractivity contribution in [2.24, 2.45) is 0 Å². The first-order chi connectivity index (χ1) is 10.1. The molecule has 1 heterocycles. The van der Waals surface area contributed by atoms with Crippen LogP contribution in [0.15, 0.2) is 24.3 Å². The number of benzene rings is 1. The molecule has 22 heavy (non-hydrogen) atoms. The Kier molecular flexibility index (Phi) is 4.44. The van der Waals surface area contributed by atoms with Gasteiger partial charge in [-0.15, -0.1) is 11.3 Å². The van der Waals surface area contributed by atoms with Crippen LogP contribution in [0.4, 0.5) is 13.2 Å². The van der Waals surface area contributed by atoms with E-state index in [4.69, 9.17) is 0 Å². The molecule has 0 unspecified atom stereocenters. The number of fused-ring (bicyclic) bond motifs is 1. The zero-order valence-corrected chi connectivity index (χ0v) is 12.8. The number of hydrogen-bond acceptors (Lipinski definition) is 4. The van der Waals surface area contributed by atoms with Crippen molar-refractivity contribution >= 4 is 27.5 Å². The fraction of sp³-hybridized carbons (Fsp3) is 0.429. The minimum atomic E-state index is -4.85. The summed E-state index contributed by atoms with van der Waals surface area (Å²) >= 11 is 1.38. The number of thiazole rings is 1. The minimum absolute atomic E-state index is 0.103. The Balaban J connectivity index is 2.05. The quantitative estimate of drug-likeness (QED) is 0.936. The van der Waals surface area contributed by atoms with Crippen molar-refractivity contribution < 1.29 is 23.1 Å². The van der Waals surface area contributed by atoms with Gasteiger partial charge in [0, 0.05) is 7.05 Å². The first-order valence-corrected chi connectivity index (χ1v) is 7.29. The molecule has 8 heteroatoms. The van der Waals surface area contributed by atoms with Crippen molar-refractivity contribution in [2.75, 3.05) is 7.05 Å². The Morgan fingerprint density at radius 1 is 1.36 bits per heavy atom. The number of carbonyl (C=O) groups excluding carboxylic acids is 1. The third kappa shape index (κ3) is 3.56. The molecule has 2 rings (SSSR count). The van der Waals surface area contributed by atoms with E-state index in [1.165, 1.54) is 18.4 Å². The summed E-state index contributed by atoms with van der Waals surface area (Å²) in [6, 6.07) is 7.40. The average molecular weight is 332 g/mol. The van der Waals surface area contributed by atoms with E-state index in [0.29, 0.717) is 11.9 Å². The average Bonchev–Trinajstić information content (AvgIpc) is 2.78. The third-order valence-electron chi connectivity index (χ3n) is 3.24. The van der Waals surface area contributed by atoms with E-state index in [9.17, 15) is 23.1 Å². The van der Waals surface area contributed by atoms with Gasteiger partial charge in [-0.2, -0.15) is 13.2 Å². The maximum absolute atomic E-state index is 12.6. The molecule has 1 amide bonds. The maximum Gasteiger partial charge on any atom is 0.417 e. The fourth-order valence-corrected chi connectivity index (χ4v) is 2.83. The van der Waals surface area contributed by atoms with Gasteiger partial charge in [0.2, 0.25) is 5.91 Å². The SMILES string of the molecule is CN(Cc1nc2ccccc2s1)C(=O)C[C@](C)(O)C(F)(F)F. The van der Waals surface area contributed by atoms with Crippen LogP contribution in [0.1, 0.15) is 18.4 Å². The highest BCUT2D eigenvalue weighted by Gasteiger charge is 2.51. The zero-order chi connectivity index (χ0) is 16.5. The van der Waals surface area contributed by atoms with E-state index in [-0.39, 0.29) is 6.54 Å².